The molecule has 0 aliphatic carbocycles. The third-order valence-electron chi connectivity index (χ3n) is 2.71. The van der Waals surface area contributed by atoms with Crippen molar-refractivity contribution in [1.29, 1.82) is 5.26 Å². The summed E-state index contributed by atoms with van der Waals surface area (Å²) in [4.78, 5) is 8.01. The minimum Gasteiger partial charge on any atom is -0.493 e. The van der Waals surface area contributed by atoms with Crippen molar-refractivity contribution < 1.29 is 9.47 Å². The van der Waals surface area contributed by atoms with Gasteiger partial charge in [-0.05, 0) is 18.6 Å². The maximum Gasteiger partial charge on any atom is 0.227 e. The van der Waals surface area contributed by atoms with E-state index < -0.39 is 0 Å². The Balaban J connectivity index is 2.40. The second-order valence-corrected chi connectivity index (χ2v) is 4.24. The first-order valence-electron chi connectivity index (χ1n) is 5.95. The Labute approximate surface area is 121 Å². The molecule has 1 aromatic carbocycles. The molecule has 2 aromatic rings. The van der Waals surface area contributed by atoms with Gasteiger partial charge in [-0.2, -0.15) is 5.26 Å². The average Bonchev–Trinajstić information content (AvgIpc) is 2.48. The van der Waals surface area contributed by atoms with Gasteiger partial charge in [0.2, 0.25) is 5.88 Å². The smallest absolute Gasteiger partial charge is 0.227 e. The monoisotopic (exact) mass is 289 g/mol. The Bertz CT molecular complexity index is 668. The lowest BCUT2D eigenvalue weighted by Crippen LogP contribution is -1.98. The van der Waals surface area contributed by atoms with Gasteiger partial charge in [-0.3, -0.25) is 0 Å². The molecule has 102 valence electrons. The van der Waals surface area contributed by atoms with Crippen LogP contribution in [0.15, 0.2) is 24.5 Å². The molecule has 0 saturated heterocycles. The van der Waals surface area contributed by atoms with E-state index in [1.165, 1.54) is 13.4 Å². The highest BCUT2D eigenvalue weighted by Crippen LogP contribution is 2.34. The number of methoxy groups -OCH3 is 1. The molecule has 1 heterocycles. The maximum absolute atomic E-state index is 8.87. The quantitative estimate of drug-likeness (QED) is 0.807. The molecular weight excluding hydrogens is 278 g/mol. The molecule has 0 atom stereocenters. The van der Waals surface area contributed by atoms with Gasteiger partial charge in [0.15, 0.2) is 11.5 Å². The molecule has 0 aliphatic heterocycles. The van der Waals surface area contributed by atoms with Crippen molar-refractivity contribution in [1.82, 2.24) is 9.97 Å². The lowest BCUT2D eigenvalue weighted by molar-refractivity contribution is 0.372. The third-order valence-corrected chi connectivity index (χ3v) is 3.03. The summed E-state index contributed by atoms with van der Waals surface area (Å²) in [6, 6.07) is 6.95. The number of halogens is 1. The Morgan fingerprint density at radius 2 is 2.10 bits per heavy atom. The fourth-order valence-electron chi connectivity index (χ4n) is 1.69. The molecule has 0 saturated carbocycles. The summed E-state index contributed by atoms with van der Waals surface area (Å²) in [5.74, 6) is 1.31. The molecule has 0 fully saturated rings. The van der Waals surface area contributed by atoms with Gasteiger partial charge in [-0.25, -0.2) is 9.97 Å². The zero-order valence-electron chi connectivity index (χ0n) is 11.1. The molecule has 0 unspecified atom stereocenters. The van der Waals surface area contributed by atoms with Crippen LogP contribution in [0.3, 0.4) is 0 Å². The van der Waals surface area contributed by atoms with Gasteiger partial charge in [-0.1, -0.05) is 18.5 Å². The number of rotatable bonds is 4. The van der Waals surface area contributed by atoms with Crippen LogP contribution in [0.1, 0.15) is 18.1 Å². The predicted octanol–water partition coefficient (Wildman–Crippen LogP) is 3.36. The van der Waals surface area contributed by atoms with Gasteiger partial charge in [-0.15, -0.1) is 0 Å². The topological polar surface area (TPSA) is 68.0 Å². The number of aromatic nitrogens is 2. The summed E-state index contributed by atoms with van der Waals surface area (Å²) >= 11 is 6.01. The van der Waals surface area contributed by atoms with E-state index in [9.17, 15) is 0 Å². The zero-order chi connectivity index (χ0) is 14.5. The van der Waals surface area contributed by atoms with Crippen molar-refractivity contribution in [3.05, 3.63) is 40.8 Å². The molecule has 0 radical (unpaired) electrons. The molecule has 2 rings (SSSR count). The number of nitriles is 1. The maximum atomic E-state index is 8.87. The molecule has 6 heteroatoms. The number of hydrogen-bond acceptors (Lipinski definition) is 5. The minimum atomic E-state index is 0.366. The minimum absolute atomic E-state index is 0.366. The van der Waals surface area contributed by atoms with Crippen molar-refractivity contribution in [3.63, 3.8) is 0 Å². The number of hydrogen-bond donors (Lipinski definition) is 0. The van der Waals surface area contributed by atoms with Crippen LogP contribution in [0, 0.1) is 11.3 Å². The van der Waals surface area contributed by atoms with E-state index in [2.05, 4.69) is 9.97 Å². The first-order chi connectivity index (χ1) is 9.69. The molecule has 20 heavy (non-hydrogen) atoms. The first kappa shape index (κ1) is 14.1. The average molecular weight is 290 g/mol. The number of nitrogens with zero attached hydrogens (tertiary/aromatic N) is 3. The summed E-state index contributed by atoms with van der Waals surface area (Å²) in [5.41, 5.74) is 1.21. The van der Waals surface area contributed by atoms with Crippen LogP contribution in [-0.4, -0.2) is 17.1 Å². The van der Waals surface area contributed by atoms with Gasteiger partial charge in [0.05, 0.1) is 24.3 Å². The largest absolute Gasteiger partial charge is 0.493 e. The molecule has 0 spiro atoms. The van der Waals surface area contributed by atoms with Crippen LogP contribution in [0.25, 0.3) is 0 Å². The van der Waals surface area contributed by atoms with E-state index in [0.717, 1.165) is 5.56 Å². The molecule has 0 bridgehead atoms. The van der Waals surface area contributed by atoms with E-state index in [-0.39, 0.29) is 0 Å². The Hall–Kier alpha value is -2.32. The zero-order valence-corrected chi connectivity index (χ0v) is 11.8. The van der Waals surface area contributed by atoms with E-state index in [1.54, 1.807) is 18.2 Å². The highest BCUT2D eigenvalue weighted by atomic mass is 35.5. The van der Waals surface area contributed by atoms with E-state index in [1.807, 2.05) is 13.0 Å². The standard InChI is InChI=1S/C14H12ClN3O2/c1-3-10-13(15)17-8-18-14(10)20-11-5-4-9(7-16)6-12(11)19-2/h4-6,8H,3H2,1-2H3. The lowest BCUT2D eigenvalue weighted by atomic mass is 10.2. The fraction of sp³-hybridized carbons (Fsp3) is 0.214. The Kier molecular flexibility index (Phi) is 4.38. The fourth-order valence-corrected chi connectivity index (χ4v) is 1.94. The third kappa shape index (κ3) is 2.81. The second-order valence-electron chi connectivity index (χ2n) is 3.88. The lowest BCUT2D eigenvalue weighted by Gasteiger charge is -2.12. The normalized spacial score (nSPS) is 9.90. The van der Waals surface area contributed by atoms with Gasteiger partial charge in [0.25, 0.3) is 0 Å². The van der Waals surface area contributed by atoms with Gasteiger partial charge >= 0.3 is 0 Å². The van der Waals surface area contributed by atoms with Gasteiger partial charge < -0.3 is 9.47 Å². The number of ether oxygens (including phenoxy) is 2. The van der Waals surface area contributed by atoms with Crippen LogP contribution in [0.5, 0.6) is 17.4 Å². The van der Waals surface area contributed by atoms with Crippen LogP contribution in [0.4, 0.5) is 0 Å². The van der Waals surface area contributed by atoms with E-state index in [4.69, 9.17) is 26.3 Å². The summed E-state index contributed by atoms with van der Waals surface area (Å²) in [6.07, 6.45) is 1.99. The van der Waals surface area contributed by atoms with E-state index in [0.29, 0.717) is 34.5 Å². The van der Waals surface area contributed by atoms with Crippen molar-refractivity contribution >= 4 is 11.6 Å². The summed E-state index contributed by atoms with van der Waals surface area (Å²) in [5, 5.41) is 9.24. The van der Waals surface area contributed by atoms with E-state index >= 15 is 0 Å². The SMILES string of the molecule is CCc1c(Cl)ncnc1Oc1ccc(C#N)cc1OC. The Morgan fingerprint density at radius 3 is 2.75 bits per heavy atom. The van der Waals surface area contributed by atoms with Crippen molar-refractivity contribution in [2.24, 2.45) is 0 Å². The Morgan fingerprint density at radius 1 is 1.30 bits per heavy atom. The van der Waals surface area contributed by atoms with Gasteiger partial charge in [0, 0.05) is 6.07 Å². The molecule has 1 aromatic heterocycles. The highest BCUT2D eigenvalue weighted by Gasteiger charge is 2.13. The molecule has 5 nitrogen and oxygen atoms in total. The van der Waals surface area contributed by atoms with Crippen molar-refractivity contribution in [2.45, 2.75) is 13.3 Å². The van der Waals surface area contributed by atoms with Crippen LogP contribution >= 0.6 is 11.6 Å². The first-order valence-corrected chi connectivity index (χ1v) is 6.32. The van der Waals surface area contributed by atoms with Gasteiger partial charge in [0.1, 0.15) is 11.5 Å². The van der Waals surface area contributed by atoms with Crippen molar-refractivity contribution in [3.8, 4) is 23.4 Å². The van der Waals surface area contributed by atoms with Crippen LogP contribution < -0.4 is 9.47 Å². The molecule has 0 aliphatic rings. The molecule has 0 N–H and O–H groups in total. The van der Waals surface area contributed by atoms with Crippen LogP contribution in [0.2, 0.25) is 5.15 Å². The predicted molar refractivity (Wildman–Crippen MR) is 74.2 cm³/mol. The second kappa shape index (κ2) is 6.22. The number of benzene rings is 1. The van der Waals surface area contributed by atoms with Crippen LogP contribution in [-0.2, 0) is 6.42 Å². The molecule has 0 amide bonds. The molecular formula is C14H12ClN3O2. The summed E-state index contributed by atoms with van der Waals surface area (Å²) in [7, 11) is 1.51. The highest BCUT2D eigenvalue weighted by molar-refractivity contribution is 6.30. The van der Waals surface area contributed by atoms with Crippen molar-refractivity contribution in [2.75, 3.05) is 7.11 Å². The summed E-state index contributed by atoms with van der Waals surface area (Å²) in [6.45, 7) is 1.94. The summed E-state index contributed by atoms with van der Waals surface area (Å²) < 4.78 is 10.9.